The molecule has 0 radical (unpaired) electrons. The Labute approximate surface area is 119 Å². The Hall–Kier alpha value is -2.31. The maximum atomic E-state index is 12.4. The first-order chi connectivity index (χ1) is 9.77. The Morgan fingerprint density at radius 2 is 1.86 bits per heavy atom. The second-order valence-corrected chi connectivity index (χ2v) is 4.73. The lowest BCUT2D eigenvalue weighted by molar-refractivity contribution is -0.137. The molecule has 0 aliphatic carbocycles. The van der Waals surface area contributed by atoms with E-state index in [1.807, 2.05) is 0 Å². The number of carbonyl (C=O) groups excluding carboxylic acids is 1. The predicted molar refractivity (Wildman–Crippen MR) is 71.8 cm³/mol. The number of hydrogen-bond donors (Lipinski definition) is 2. The third kappa shape index (κ3) is 3.62. The van der Waals surface area contributed by atoms with Gasteiger partial charge in [-0.05, 0) is 31.5 Å². The van der Waals surface area contributed by atoms with Gasteiger partial charge in [0.05, 0.1) is 29.1 Å². The summed E-state index contributed by atoms with van der Waals surface area (Å²) in [6, 6.07) is 4.54. The fraction of sp³-hybridized carbons (Fsp3) is 0.286. The average molecular weight is 297 g/mol. The fourth-order valence-electron chi connectivity index (χ4n) is 1.92. The number of halogens is 3. The van der Waals surface area contributed by atoms with Gasteiger partial charge in [-0.15, -0.1) is 0 Å². The van der Waals surface area contributed by atoms with Crippen LogP contribution in [0.15, 0.2) is 24.3 Å². The van der Waals surface area contributed by atoms with Crippen LogP contribution in [0.3, 0.4) is 0 Å². The van der Waals surface area contributed by atoms with Crippen LogP contribution in [0.1, 0.15) is 22.5 Å². The van der Waals surface area contributed by atoms with Crippen molar-refractivity contribution in [3.63, 3.8) is 0 Å². The normalized spacial score (nSPS) is 11.5. The summed E-state index contributed by atoms with van der Waals surface area (Å²) in [5.41, 5.74) is 1.78. The van der Waals surface area contributed by atoms with Crippen LogP contribution in [-0.4, -0.2) is 16.1 Å². The zero-order chi connectivity index (χ0) is 15.6. The van der Waals surface area contributed by atoms with Crippen LogP contribution in [0.5, 0.6) is 0 Å². The molecule has 0 saturated carbocycles. The second kappa shape index (κ2) is 5.59. The molecule has 0 aliphatic rings. The van der Waals surface area contributed by atoms with Crippen molar-refractivity contribution in [2.45, 2.75) is 26.4 Å². The number of hydrogen-bond acceptors (Lipinski definition) is 2. The van der Waals surface area contributed by atoms with Crippen molar-refractivity contribution in [3.8, 4) is 0 Å². The highest BCUT2D eigenvalue weighted by atomic mass is 19.4. The minimum atomic E-state index is -4.37. The average Bonchev–Trinajstić information content (AvgIpc) is 2.70. The minimum absolute atomic E-state index is 0.00218. The lowest BCUT2D eigenvalue weighted by Gasteiger charge is -2.08. The van der Waals surface area contributed by atoms with Gasteiger partial charge in [-0.3, -0.25) is 9.89 Å². The number of H-pyrrole nitrogens is 1. The summed E-state index contributed by atoms with van der Waals surface area (Å²) < 4.78 is 37.3. The zero-order valence-electron chi connectivity index (χ0n) is 11.5. The Kier molecular flexibility index (Phi) is 4.02. The molecule has 0 fully saturated rings. The summed E-state index contributed by atoms with van der Waals surface area (Å²) in [7, 11) is 0. The molecule has 2 rings (SSSR count). The van der Waals surface area contributed by atoms with Crippen molar-refractivity contribution in [3.05, 3.63) is 46.8 Å². The molecular weight excluding hydrogens is 283 g/mol. The summed E-state index contributed by atoms with van der Waals surface area (Å²) in [4.78, 5) is 11.9. The van der Waals surface area contributed by atoms with Gasteiger partial charge in [-0.25, -0.2) is 0 Å². The Morgan fingerprint density at radius 1 is 1.24 bits per heavy atom. The fourth-order valence-corrected chi connectivity index (χ4v) is 1.92. The molecule has 2 N–H and O–H groups in total. The summed E-state index contributed by atoms with van der Waals surface area (Å²) in [6.07, 6.45) is -4.37. The summed E-state index contributed by atoms with van der Waals surface area (Å²) >= 11 is 0. The number of aryl methyl sites for hydroxylation is 2. The minimum Gasteiger partial charge on any atom is -0.323 e. The third-order valence-corrected chi connectivity index (χ3v) is 3.04. The molecule has 1 heterocycles. The van der Waals surface area contributed by atoms with Crippen molar-refractivity contribution in [1.29, 1.82) is 0 Å². The molecule has 0 atom stereocenters. The smallest absolute Gasteiger partial charge is 0.323 e. The topological polar surface area (TPSA) is 57.8 Å². The van der Waals surface area contributed by atoms with Crippen molar-refractivity contribution in [2.75, 3.05) is 5.32 Å². The van der Waals surface area contributed by atoms with Gasteiger partial charge in [0.2, 0.25) is 5.91 Å². The Balaban J connectivity index is 2.03. The second-order valence-electron chi connectivity index (χ2n) is 4.73. The molecule has 7 heteroatoms. The van der Waals surface area contributed by atoms with Gasteiger partial charge >= 0.3 is 6.18 Å². The first-order valence-electron chi connectivity index (χ1n) is 6.25. The first-order valence-corrected chi connectivity index (χ1v) is 6.25. The Morgan fingerprint density at radius 3 is 2.33 bits per heavy atom. The predicted octanol–water partition coefficient (Wildman–Crippen LogP) is 3.23. The molecule has 2 aromatic rings. The molecule has 1 aromatic carbocycles. The van der Waals surface area contributed by atoms with Crippen molar-refractivity contribution < 1.29 is 18.0 Å². The van der Waals surface area contributed by atoms with Gasteiger partial charge in [0, 0.05) is 0 Å². The number of amides is 1. The van der Waals surface area contributed by atoms with Gasteiger partial charge in [0.1, 0.15) is 0 Å². The van der Waals surface area contributed by atoms with Crippen LogP contribution in [-0.2, 0) is 17.4 Å². The van der Waals surface area contributed by atoms with Crippen LogP contribution >= 0.6 is 0 Å². The van der Waals surface area contributed by atoms with E-state index in [1.54, 1.807) is 13.8 Å². The summed E-state index contributed by atoms with van der Waals surface area (Å²) in [5.74, 6) is -0.303. The number of benzene rings is 1. The molecule has 0 spiro atoms. The number of anilines is 1. The number of aromatic amines is 1. The molecule has 4 nitrogen and oxygen atoms in total. The van der Waals surface area contributed by atoms with Gasteiger partial charge in [-0.2, -0.15) is 18.3 Å². The van der Waals surface area contributed by atoms with E-state index < -0.39 is 11.7 Å². The maximum absolute atomic E-state index is 12.4. The van der Waals surface area contributed by atoms with Crippen LogP contribution < -0.4 is 5.32 Å². The number of alkyl halides is 3. The van der Waals surface area contributed by atoms with E-state index in [0.717, 1.165) is 17.8 Å². The zero-order valence-corrected chi connectivity index (χ0v) is 11.5. The van der Waals surface area contributed by atoms with Crippen molar-refractivity contribution >= 4 is 11.6 Å². The number of nitrogens with one attached hydrogen (secondary N) is 2. The monoisotopic (exact) mass is 297 g/mol. The molecule has 1 aromatic heterocycles. The standard InChI is InChI=1S/C14H14F3N3O/c1-8-13(9(2)20-19-8)18-12(21)7-10-3-5-11(6-4-10)14(15,16)17/h3-6H,7H2,1-2H3,(H,18,21)(H,19,20). The number of carbonyl (C=O) groups is 1. The van der Waals surface area contributed by atoms with E-state index in [1.165, 1.54) is 12.1 Å². The highest BCUT2D eigenvalue weighted by molar-refractivity contribution is 5.93. The van der Waals surface area contributed by atoms with Crippen LogP contribution in [0.4, 0.5) is 18.9 Å². The Bertz CT molecular complexity index is 625. The third-order valence-electron chi connectivity index (χ3n) is 3.04. The van der Waals surface area contributed by atoms with Crippen LogP contribution in [0.2, 0.25) is 0 Å². The van der Waals surface area contributed by atoms with E-state index in [4.69, 9.17) is 0 Å². The van der Waals surface area contributed by atoms with E-state index in [0.29, 0.717) is 16.9 Å². The SMILES string of the molecule is Cc1n[nH]c(C)c1NC(=O)Cc1ccc(C(F)(F)F)cc1. The summed E-state index contributed by atoms with van der Waals surface area (Å²) in [5, 5.41) is 9.39. The highest BCUT2D eigenvalue weighted by Crippen LogP contribution is 2.29. The molecule has 0 unspecified atom stereocenters. The van der Waals surface area contributed by atoms with Gasteiger partial charge in [0.25, 0.3) is 0 Å². The van der Waals surface area contributed by atoms with E-state index in [2.05, 4.69) is 15.5 Å². The number of rotatable bonds is 3. The number of aromatic nitrogens is 2. The molecule has 0 aliphatic heterocycles. The van der Waals surface area contributed by atoms with Crippen molar-refractivity contribution in [2.24, 2.45) is 0 Å². The molecule has 0 bridgehead atoms. The lowest BCUT2D eigenvalue weighted by atomic mass is 10.1. The van der Waals surface area contributed by atoms with Gasteiger partial charge in [-0.1, -0.05) is 12.1 Å². The molecule has 0 saturated heterocycles. The van der Waals surface area contributed by atoms with Crippen LogP contribution in [0, 0.1) is 13.8 Å². The largest absolute Gasteiger partial charge is 0.416 e. The van der Waals surface area contributed by atoms with E-state index >= 15 is 0 Å². The number of nitrogens with zero attached hydrogens (tertiary/aromatic N) is 1. The lowest BCUT2D eigenvalue weighted by Crippen LogP contribution is -2.15. The molecular formula is C14H14F3N3O. The quantitative estimate of drug-likeness (QED) is 0.914. The van der Waals surface area contributed by atoms with Crippen molar-refractivity contribution in [1.82, 2.24) is 10.2 Å². The molecule has 21 heavy (non-hydrogen) atoms. The van der Waals surface area contributed by atoms with Gasteiger partial charge in [0.15, 0.2) is 0 Å². The van der Waals surface area contributed by atoms with Crippen LogP contribution in [0.25, 0.3) is 0 Å². The molecule has 112 valence electrons. The highest BCUT2D eigenvalue weighted by Gasteiger charge is 2.29. The maximum Gasteiger partial charge on any atom is 0.416 e. The summed E-state index contributed by atoms with van der Waals surface area (Å²) in [6.45, 7) is 3.52. The van der Waals surface area contributed by atoms with E-state index in [9.17, 15) is 18.0 Å². The first kappa shape index (κ1) is 15.1. The van der Waals surface area contributed by atoms with Gasteiger partial charge < -0.3 is 5.32 Å². The molecule has 1 amide bonds. The van der Waals surface area contributed by atoms with E-state index in [-0.39, 0.29) is 12.3 Å².